The molecule has 0 bridgehead atoms. The van der Waals surface area contributed by atoms with Gasteiger partial charge in [0.25, 0.3) is 11.8 Å². The number of aromatic nitrogens is 5. The van der Waals surface area contributed by atoms with E-state index in [2.05, 4.69) is 30.6 Å². The fourth-order valence-corrected chi connectivity index (χ4v) is 11.9. The molecule has 3 aromatic carbocycles. The molecule has 4 saturated heterocycles. The van der Waals surface area contributed by atoms with Crippen LogP contribution in [-0.2, 0) is 40.9 Å². The van der Waals surface area contributed by atoms with E-state index in [1.807, 2.05) is 56.8 Å². The molecule has 9 heterocycles. The number of thiazole rings is 1. The van der Waals surface area contributed by atoms with Gasteiger partial charge in [-0.1, -0.05) is 18.2 Å². The van der Waals surface area contributed by atoms with Crippen molar-refractivity contribution in [1.29, 1.82) is 0 Å². The molecule has 4 fully saturated rings. The summed E-state index contributed by atoms with van der Waals surface area (Å²) in [5.74, 6) is -1.59. The molecule has 0 saturated carbocycles. The number of benzene rings is 3. The van der Waals surface area contributed by atoms with Crippen molar-refractivity contribution in [1.82, 2.24) is 44.3 Å². The molecular weight excluding hydrogens is 907 g/mol. The number of halogens is 2. The highest BCUT2D eigenvalue weighted by molar-refractivity contribution is 7.13. The van der Waals surface area contributed by atoms with E-state index >= 15 is 8.78 Å². The van der Waals surface area contributed by atoms with Gasteiger partial charge >= 0.3 is 6.03 Å². The summed E-state index contributed by atoms with van der Waals surface area (Å²) in [6.45, 7) is 4.74. The highest BCUT2D eigenvalue weighted by Gasteiger charge is 2.53. The minimum Gasteiger partial charge on any atom is -0.370 e. The predicted octanol–water partition coefficient (Wildman–Crippen LogP) is 5.24. The first-order valence-corrected chi connectivity index (χ1v) is 24.2. The third kappa shape index (κ3) is 7.51. The second-order valence-corrected chi connectivity index (χ2v) is 20.2. The molecule has 1 spiro atoms. The van der Waals surface area contributed by atoms with Crippen molar-refractivity contribution < 1.29 is 32.8 Å². The number of imidazole rings is 1. The zero-order valence-electron chi connectivity index (χ0n) is 37.7. The molecule has 3 aromatic heterocycles. The number of fused-ring (bicyclic) bond motifs is 3. The van der Waals surface area contributed by atoms with Crippen LogP contribution in [0.2, 0.25) is 0 Å². The second-order valence-electron chi connectivity index (χ2n) is 19.3. The Bertz CT molecular complexity index is 3090. The number of amides is 6. The molecule has 354 valence electrons. The number of rotatable bonds is 10. The lowest BCUT2D eigenvalue weighted by Crippen LogP contribution is -2.73. The third-order valence-corrected chi connectivity index (χ3v) is 15.6. The van der Waals surface area contributed by atoms with Crippen LogP contribution in [0, 0.1) is 11.2 Å². The number of carbonyl (C=O) groups excluding carboxylic acids is 5. The number of urea groups is 1. The Morgan fingerprint density at radius 1 is 0.971 bits per heavy atom. The second kappa shape index (κ2) is 16.6. The Hall–Kier alpha value is -7.06. The van der Waals surface area contributed by atoms with Crippen molar-refractivity contribution in [3.63, 3.8) is 0 Å². The maximum Gasteiger partial charge on any atom is 0.329 e. The molecule has 3 atom stereocenters. The lowest BCUT2D eigenvalue weighted by molar-refractivity contribution is -0.147. The largest absolute Gasteiger partial charge is 0.370 e. The minimum absolute atomic E-state index is 0.00384. The molecule has 12 rings (SSSR count). The van der Waals surface area contributed by atoms with Crippen LogP contribution in [0.25, 0.3) is 22.0 Å². The molecule has 2 N–H and O–H groups in total. The first kappa shape index (κ1) is 43.2. The maximum absolute atomic E-state index is 16.0. The predicted molar refractivity (Wildman–Crippen MR) is 252 cm³/mol. The van der Waals surface area contributed by atoms with Crippen LogP contribution < -0.4 is 20.4 Å². The number of likely N-dealkylation sites (tertiary alicyclic amines) is 2. The Morgan fingerprint density at radius 3 is 2.57 bits per heavy atom. The van der Waals surface area contributed by atoms with Crippen molar-refractivity contribution in [2.24, 2.45) is 12.5 Å². The van der Waals surface area contributed by atoms with Crippen LogP contribution in [0.15, 0.2) is 72.5 Å². The van der Waals surface area contributed by atoms with Gasteiger partial charge in [0.05, 0.1) is 30.6 Å². The zero-order chi connectivity index (χ0) is 47.3. The Balaban J connectivity index is 0.644. The summed E-state index contributed by atoms with van der Waals surface area (Å²) in [6.07, 6.45) is 4.51. The summed E-state index contributed by atoms with van der Waals surface area (Å²) in [7, 11) is 1.78. The van der Waals surface area contributed by atoms with E-state index in [9.17, 15) is 24.0 Å². The first-order valence-electron chi connectivity index (χ1n) is 23.3. The van der Waals surface area contributed by atoms with Crippen LogP contribution in [0.3, 0.4) is 0 Å². The molecule has 69 heavy (non-hydrogen) atoms. The molecule has 0 radical (unpaired) electrons. The van der Waals surface area contributed by atoms with Crippen LogP contribution in [0.1, 0.15) is 64.1 Å². The first-order chi connectivity index (χ1) is 33.4. The number of aryl methyl sites for hydroxylation is 2. The molecule has 17 nitrogen and oxygen atoms in total. The number of hydrogen-bond acceptors (Lipinski definition) is 11. The van der Waals surface area contributed by atoms with Crippen LogP contribution in [-0.4, -0.2) is 127 Å². The van der Waals surface area contributed by atoms with Crippen molar-refractivity contribution >= 4 is 68.5 Å². The lowest BCUT2D eigenvalue weighted by Gasteiger charge is -2.61. The van der Waals surface area contributed by atoms with Gasteiger partial charge in [-0.2, -0.15) is 5.10 Å². The summed E-state index contributed by atoms with van der Waals surface area (Å²) in [6, 6.07) is 15.1. The molecule has 6 aliphatic rings. The molecule has 6 amide bonds. The molecule has 6 aromatic rings. The van der Waals surface area contributed by atoms with Crippen LogP contribution >= 0.6 is 11.3 Å². The summed E-state index contributed by atoms with van der Waals surface area (Å²) in [5, 5.41) is 12.6. The fourth-order valence-electron chi connectivity index (χ4n) is 11.3. The van der Waals surface area contributed by atoms with E-state index < -0.39 is 35.9 Å². The normalized spacial score (nSPS) is 21.3. The number of anilines is 3. The highest BCUT2D eigenvalue weighted by Crippen LogP contribution is 2.44. The monoisotopic (exact) mass is 954 g/mol. The fraction of sp³-hybridized carbons (Fsp3) is 0.388. The number of nitrogens with one attached hydrogen (secondary N) is 2. The number of alkyl halides is 1. The number of hydrogen-bond donors (Lipinski definition) is 2. The van der Waals surface area contributed by atoms with Gasteiger partial charge in [0.2, 0.25) is 11.8 Å². The summed E-state index contributed by atoms with van der Waals surface area (Å²) in [5.41, 5.74) is 5.81. The summed E-state index contributed by atoms with van der Waals surface area (Å²) in [4.78, 5) is 83.3. The van der Waals surface area contributed by atoms with Crippen LogP contribution in [0.5, 0.6) is 0 Å². The van der Waals surface area contributed by atoms with Gasteiger partial charge in [-0.25, -0.2) is 23.5 Å². The van der Waals surface area contributed by atoms with Gasteiger partial charge in [-0.15, -0.1) is 11.3 Å². The van der Waals surface area contributed by atoms with Gasteiger partial charge in [-0.05, 0) is 78.9 Å². The smallest absolute Gasteiger partial charge is 0.329 e. The van der Waals surface area contributed by atoms with Crippen molar-refractivity contribution in [2.45, 2.75) is 56.9 Å². The topological polar surface area (TPSA) is 174 Å². The van der Waals surface area contributed by atoms with E-state index in [0.29, 0.717) is 48.3 Å². The SMILES string of the molecule is Cn1nc(N2CCC(=O)NC2=O)c2ccc([C@H]3CCN(CC(=O)N4CC5(C4)CN(c4ccc(-c6cc(F)c7c(c6)C(=O)N(C(C(=O)Nc6nccs6)c6ncn8c6CCC8)C7)cc4)C5)C[C@H]3F)cc21. The van der Waals surface area contributed by atoms with Gasteiger partial charge in [0.1, 0.15) is 12.0 Å². The van der Waals surface area contributed by atoms with Crippen molar-refractivity contribution in [2.75, 3.05) is 67.5 Å². The molecular formula is C49H48F2N12O5S. The van der Waals surface area contributed by atoms with E-state index in [0.717, 1.165) is 65.9 Å². The van der Waals surface area contributed by atoms with Gasteiger partial charge in [0.15, 0.2) is 17.0 Å². The van der Waals surface area contributed by atoms with Crippen LogP contribution in [0.4, 0.5) is 30.2 Å². The van der Waals surface area contributed by atoms with E-state index in [1.54, 1.807) is 35.7 Å². The average molecular weight is 955 g/mol. The lowest BCUT2D eigenvalue weighted by atomic mass is 9.72. The average Bonchev–Trinajstić information content (AvgIpc) is 4.16. The number of piperidine rings is 1. The van der Waals surface area contributed by atoms with E-state index in [1.165, 1.54) is 27.2 Å². The summed E-state index contributed by atoms with van der Waals surface area (Å²) >= 11 is 1.27. The number of nitrogens with zero attached hydrogens (tertiary/aromatic N) is 10. The quantitative estimate of drug-likeness (QED) is 0.185. The molecule has 6 aliphatic heterocycles. The molecule has 20 heteroatoms. The maximum atomic E-state index is 16.0. The van der Waals surface area contributed by atoms with Crippen molar-refractivity contribution in [3.05, 3.63) is 106 Å². The number of carbonyl (C=O) groups is 5. The van der Waals surface area contributed by atoms with E-state index in [-0.39, 0.29) is 66.9 Å². The highest BCUT2D eigenvalue weighted by atomic mass is 32.1. The Labute approximate surface area is 398 Å². The van der Waals surface area contributed by atoms with Gasteiger partial charge in [-0.3, -0.25) is 44.3 Å². The van der Waals surface area contributed by atoms with E-state index in [4.69, 9.17) is 0 Å². The standard InChI is InChI=1S/C49H48F2N12O5S/c1-57-39-19-29(6-9-33(39)44(56-57)62-15-11-40(64)54-48(62)68)32-10-14-58(21-37(32)51)22-41(65)61-25-49(26-61)23-60(24-49)31-7-4-28(5-8-31)30-17-34-35(36(50)18-30)20-63(46(34)67)43(45(66)55-47-52-12-16-69-47)42-38-3-2-13-59(38)27-53-42/h4-9,12,16-19,27,32,37,43H,2-3,10-11,13-15,20-26H2,1H3,(H,52,55,66)(H,54,64,68)/t32-,37-,43?/m1/s1. The zero-order valence-corrected chi connectivity index (χ0v) is 38.6. The van der Waals surface area contributed by atoms with Gasteiger partial charge < -0.3 is 19.3 Å². The Morgan fingerprint density at radius 2 is 1.80 bits per heavy atom. The molecule has 0 aliphatic carbocycles. The minimum atomic E-state index is -1.17. The molecule has 1 unspecified atom stereocenters. The van der Waals surface area contributed by atoms with Gasteiger partial charge in [0, 0.05) is 110 Å². The number of imide groups is 1. The van der Waals surface area contributed by atoms with Crippen molar-refractivity contribution in [3.8, 4) is 11.1 Å². The third-order valence-electron chi connectivity index (χ3n) is 14.9. The Kier molecular flexibility index (Phi) is 10.4. The summed E-state index contributed by atoms with van der Waals surface area (Å²) < 4.78 is 35.5.